The van der Waals surface area contributed by atoms with Gasteiger partial charge in [0.25, 0.3) is 0 Å². The number of rotatable bonds is 4. The fraction of sp³-hybridized carbons (Fsp3) is 0.647. The van der Waals surface area contributed by atoms with Crippen LogP contribution in [-0.2, 0) is 6.42 Å². The first-order valence-corrected chi connectivity index (χ1v) is 8.20. The van der Waals surface area contributed by atoms with Crippen LogP contribution in [0.3, 0.4) is 0 Å². The van der Waals surface area contributed by atoms with Gasteiger partial charge in [0.05, 0.1) is 0 Å². The van der Waals surface area contributed by atoms with Gasteiger partial charge in [-0.3, -0.25) is 0 Å². The van der Waals surface area contributed by atoms with Gasteiger partial charge in [-0.25, -0.2) is 4.39 Å². The smallest absolute Gasteiger partial charge is 0.124 e. The standard InChI is InChI=1S/C17H26ClFN2/c1-21(2)17(9-5-3-4-6-10-17)16(20)11-13-7-8-14(19)12-15(13)18/h7-8,12,16H,3-6,9-11,20H2,1-2H3. The van der Waals surface area contributed by atoms with Crippen LogP contribution in [0.15, 0.2) is 18.2 Å². The van der Waals surface area contributed by atoms with E-state index in [2.05, 4.69) is 19.0 Å². The molecule has 1 aromatic carbocycles. The first-order chi connectivity index (χ1) is 9.95. The number of hydrogen-bond acceptors (Lipinski definition) is 2. The van der Waals surface area contributed by atoms with Gasteiger partial charge >= 0.3 is 0 Å². The number of hydrogen-bond donors (Lipinski definition) is 1. The monoisotopic (exact) mass is 312 g/mol. The topological polar surface area (TPSA) is 29.3 Å². The molecule has 2 rings (SSSR count). The number of likely N-dealkylation sites (N-methyl/N-ethyl adjacent to an activating group) is 1. The SMILES string of the molecule is CN(C)C1(C(N)Cc2ccc(F)cc2Cl)CCCCCC1. The minimum atomic E-state index is -0.297. The molecule has 1 atom stereocenters. The van der Waals surface area contributed by atoms with Crippen LogP contribution in [0, 0.1) is 5.82 Å². The highest BCUT2D eigenvalue weighted by Gasteiger charge is 2.39. The van der Waals surface area contributed by atoms with E-state index in [1.165, 1.54) is 37.8 Å². The summed E-state index contributed by atoms with van der Waals surface area (Å²) in [5.74, 6) is -0.297. The fourth-order valence-electron chi connectivity index (χ4n) is 3.60. The molecular weight excluding hydrogens is 287 g/mol. The Hall–Kier alpha value is -0.640. The Morgan fingerprint density at radius 1 is 1.24 bits per heavy atom. The Labute approximate surface area is 132 Å². The summed E-state index contributed by atoms with van der Waals surface area (Å²) in [6, 6.07) is 4.61. The van der Waals surface area contributed by atoms with Gasteiger partial charge in [-0.2, -0.15) is 0 Å². The molecule has 0 aromatic heterocycles. The average Bonchev–Trinajstić information content (AvgIpc) is 2.68. The lowest BCUT2D eigenvalue weighted by molar-refractivity contribution is 0.0968. The van der Waals surface area contributed by atoms with Crippen LogP contribution < -0.4 is 5.73 Å². The van der Waals surface area contributed by atoms with Crippen molar-refractivity contribution in [3.05, 3.63) is 34.6 Å². The molecule has 0 spiro atoms. The van der Waals surface area contributed by atoms with Crippen LogP contribution >= 0.6 is 11.6 Å². The Morgan fingerprint density at radius 2 is 1.86 bits per heavy atom. The van der Waals surface area contributed by atoms with Gasteiger partial charge in [-0.1, -0.05) is 43.4 Å². The molecule has 1 unspecified atom stereocenters. The number of nitrogens with zero attached hydrogens (tertiary/aromatic N) is 1. The summed E-state index contributed by atoms with van der Waals surface area (Å²) in [6.45, 7) is 0. The highest BCUT2D eigenvalue weighted by molar-refractivity contribution is 6.31. The molecule has 0 aliphatic heterocycles. The van der Waals surface area contributed by atoms with E-state index in [0.29, 0.717) is 11.4 Å². The van der Waals surface area contributed by atoms with Crippen molar-refractivity contribution in [2.24, 2.45) is 5.73 Å². The highest BCUT2D eigenvalue weighted by atomic mass is 35.5. The van der Waals surface area contributed by atoms with Crippen LogP contribution in [0.25, 0.3) is 0 Å². The molecule has 0 radical (unpaired) electrons. The molecule has 118 valence electrons. The fourth-order valence-corrected chi connectivity index (χ4v) is 3.85. The van der Waals surface area contributed by atoms with E-state index >= 15 is 0 Å². The quantitative estimate of drug-likeness (QED) is 0.851. The molecule has 1 aliphatic carbocycles. The number of halogens is 2. The summed E-state index contributed by atoms with van der Waals surface area (Å²) >= 11 is 6.16. The highest BCUT2D eigenvalue weighted by Crippen LogP contribution is 2.35. The second-order valence-electron chi connectivity index (χ2n) is 6.46. The Balaban J connectivity index is 2.20. The lowest BCUT2D eigenvalue weighted by Crippen LogP contribution is -2.58. The van der Waals surface area contributed by atoms with Gasteiger partial charge in [0.1, 0.15) is 5.82 Å². The van der Waals surface area contributed by atoms with E-state index in [1.54, 1.807) is 6.07 Å². The normalized spacial score (nSPS) is 20.3. The lowest BCUT2D eigenvalue weighted by atomic mass is 9.79. The van der Waals surface area contributed by atoms with Crippen molar-refractivity contribution in [1.82, 2.24) is 4.90 Å². The van der Waals surface area contributed by atoms with Crippen LogP contribution in [0.5, 0.6) is 0 Å². The first-order valence-electron chi connectivity index (χ1n) is 7.82. The van der Waals surface area contributed by atoms with Crippen molar-refractivity contribution in [1.29, 1.82) is 0 Å². The molecule has 1 saturated carbocycles. The Morgan fingerprint density at radius 3 is 2.38 bits per heavy atom. The van der Waals surface area contributed by atoms with E-state index < -0.39 is 0 Å². The summed E-state index contributed by atoms with van der Waals surface area (Å²) in [5.41, 5.74) is 7.56. The largest absolute Gasteiger partial charge is 0.326 e. The summed E-state index contributed by atoms with van der Waals surface area (Å²) in [6.07, 6.45) is 7.97. The lowest BCUT2D eigenvalue weighted by Gasteiger charge is -2.44. The van der Waals surface area contributed by atoms with E-state index in [-0.39, 0.29) is 17.4 Å². The molecule has 0 bridgehead atoms. The van der Waals surface area contributed by atoms with Crippen molar-refractivity contribution in [3.8, 4) is 0 Å². The van der Waals surface area contributed by atoms with Crippen LogP contribution in [-0.4, -0.2) is 30.6 Å². The maximum Gasteiger partial charge on any atom is 0.124 e. The van der Waals surface area contributed by atoms with Crippen LogP contribution in [0.4, 0.5) is 4.39 Å². The minimum Gasteiger partial charge on any atom is -0.326 e. The van der Waals surface area contributed by atoms with Crippen molar-refractivity contribution in [3.63, 3.8) is 0 Å². The maximum atomic E-state index is 13.2. The van der Waals surface area contributed by atoms with E-state index in [0.717, 1.165) is 18.4 Å². The number of nitrogens with two attached hydrogens (primary N) is 1. The predicted octanol–water partition coefficient (Wildman–Crippen LogP) is 4.00. The van der Waals surface area contributed by atoms with Crippen molar-refractivity contribution in [2.75, 3.05) is 14.1 Å². The molecule has 21 heavy (non-hydrogen) atoms. The Kier molecular flexibility index (Phi) is 5.64. The van der Waals surface area contributed by atoms with E-state index in [9.17, 15) is 4.39 Å². The predicted molar refractivity (Wildman–Crippen MR) is 87.2 cm³/mol. The third-order valence-electron chi connectivity index (χ3n) is 5.01. The molecule has 1 aromatic rings. The molecule has 0 heterocycles. The van der Waals surface area contributed by atoms with Crippen molar-refractivity contribution < 1.29 is 4.39 Å². The zero-order valence-corrected chi connectivity index (χ0v) is 13.8. The zero-order valence-electron chi connectivity index (χ0n) is 13.0. The van der Waals surface area contributed by atoms with Gasteiger partial charge in [0, 0.05) is 16.6 Å². The van der Waals surface area contributed by atoms with E-state index in [4.69, 9.17) is 17.3 Å². The van der Waals surface area contributed by atoms with Gasteiger partial charge in [-0.15, -0.1) is 0 Å². The minimum absolute atomic E-state index is 0.00793. The van der Waals surface area contributed by atoms with Gasteiger partial charge in [-0.05, 0) is 51.1 Å². The molecule has 2 N–H and O–H groups in total. The van der Waals surface area contributed by atoms with Crippen molar-refractivity contribution in [2.45, 2.75) is 56.5 Å². The third kappa shape index (κ3) is 3.77. The molecule has 2 nitrogen and oxygen atoms in total. The second-order valence-corrected chi connectivity index (χ2v) is 6.87. The summed E-state index contributed by atoms with van der Waals surface area (Å²) in [7, 11) is 4.24. The molecule has 0 amide bonds. The first kappa shape index (κ1) is 16.7. The van der Waals surface area contributed by atoms with Gasteiger partial charge < -0.3 is 10.6 Å². The average molecular weight is 313 g/mol. The van der Waals surface area contributed by atoms with Crippen LogP contribution in [0.1, 0.15) is 44.1 Å². The third-order valence-corrected chi connectivity index (χ3v) is 5.36. The maximum absolute atomic E-state index is 13.2. The Bertz CT molecular complexity index is 468. The van der Waals surface area contributed by atoms with E-state index in [1.807, 2.05) is 0 Å². The molecule has 1 fully saturated rings. The summed E-state index contributed by atoms with van der Waals surface area (Å²) in [4.78, 5) is 2.29. The van der Waals surface area contributed by atoms with Crippen LogP contribution in [0.2, 0.25) is 5.02 Å². The molecular formula is C17H26ClFN2. The summed E-state index contributed by atoms with van der Waals surface area (Å²) in [5, 5.41) is 0.480. The summed E-state index contributed by atoms with van der Waals surface area (Å²) < 4.78 is 13.2. The van der Waals surface area contributed by atoms with Crippen molar-refractivity contribution >= 4 is 11.6 Å². The van der Waals surface area contributed by atoms with Gasteiger partial charge in [0.15, 0.2) is 0 Å². The van der Waals surface area contributed by atoms with Gasteiger partial charge in [0.2, 0.25) is 0 Å². The molecule has 0 saturated heterocycles. The second kappa shape index (κ2) is 7.08. The number of benzene rings is 1. The molecule has 4 heteroatoms. The zero-order chi connectivity index (χ0) is 15.5. The molecule has 1 aliphatic rings.